The minimum atomic E-state index is -0.461. The van der Waals surface area contributed by atoms with Gasteiger partial charge in [0.25, 0.3) is 0 Å². The van der Waals surface area contributed by atoms with Gasteiger partial charge in [-0.3, -0.25) is 10.1 Å². The first-order valence-electron chi connectivity index (χ1n) is 4.86. The number of nitro groups is 1. The minimum Gasteiger partial charge on any atom is -0.361 e. The molecule has 0 saturated heterocycles. The predicted molar refractivity (Wildman–Crippen MR) is 62.2 cm³/mol. The molecule has 1 aromatic rings. The second-order valence-corrected chi connectivity index (χ2v) is 3.53. The lowest BCUT2D eigenvalue weighted by atomic mass is 10.2. The summed E-state index contributed by atoms with van der Waals surface area (Å²) in [5.41, 5.74) is 0.690. The van der Waals surface area contributed by atoms with E-state index in [1.165, 1.54) is 6.07 Å². The summed E-state index contributed by atoms with van der Waals surface area (Å²) >= 11 is 0. The molecular weight excluding hydrogens is 206 g/mol. The monoisotopic (exact) mass is 219 g/mol. The van der Waals surface area contributed by atoms with E-state index in [0.29, 0.717) is 6.42 Å². The van der Waals surface area contributed by atoms with E-state index >= 15 is 0 Å². The fraction of sp³-hybridized carbons (Fsp3) is 0.364. The molecule has 0 aromatic carbocycles. The van der Waals surface area contributed by atoms with Crippen LogP contribution >= 0.6 is 0 Å². The summed E-state index contributed by atoms with van der Waals surface area (Å²) in [5, 5.41) is 13.7. The van der Waals surface area contributed by atoms with Crippen LogP contribution < -0.4 is 5.32 Å². The molecule has 0 aliphatic rings. The molecule has 5 heteroatoms. The van der Waals surface area contributed by atoms with Gasteiger partial charge in [-0.1, -0.05) is 0 Å². The van der Waals surface area contributed by atoms with Crippen LogP contribution in [-0.2, 0) is 0 Å². The van der Waals surface area contributed by atoms with Crippen LogP contribution in [0.5, 0.6) is 0 Å². The van der Waals surface area contributed by atoms with Crippen molar-refractivity contribution in [1.82, 2.24) is 4.98 Å². The summed E-state index contributed by atoms with van der Waals surface area (Å²) < 4.78 is 0. The van der Waals surface area contributed by atoms with Crippen molar-refractivity contribution in [2.45, 2.75) is 26.3 Å². The number of aryl methyl sites for hydroxylation is 1. The number of pyridine rings is 1. The molecule has 0 amide bonds. The van der Waals surface area contributed by atoms with Gasteiger partial charge in [0.2, 0.25) is 5.82 Å². The first-order chi connectivity index (χ1) is 7.54. The van der Waals surface area contributed by atoms with Gasteiger partial charge in [-0.15, -0.1) is 12.3 Å². The Balaban J connectivity index is 2.97. The highest BCUT2D eigenvalue weighted by atomic mass is 16.6. The molecule has 1 N–H and O–H groups in total. The average molecular weight is 219 g/mol. The van der Waals surface area contributed by atoms with E-state index in [1.807, 2.05) is 6.92 Å². The lowest BCUT2D eigenvalue weighted by Gasteiger charge is -2.11. The van der Waals surface area contributed by atoms with E-state index in [4.69, 9.17) is 6.42 Å². The van der Waals surface area contributed by atoms with Crippen LogP contribution in [0.2, 0.25) is 0 Å². The Morgan fingerprint density at radius 3 is 2.94 bits per heavy atom. The zero-order chi connectivity index (χ0) is 12.1. The highest BCUT2D eigenvalue weighted by Crippen LogP contribution is 2.22. The van der Waals surface area contributed by atoms with E-state index < -0.39 is 4.92 Å². The average Bonchev–Trinajstić information content (AvgIpc) is 2.17. The molecule has 0 bridgehead atoms. The van der Waals surface area contributed by atoms with Crippen LogP contribution in [0, 0.1) is 29.4 Å². The van der Waals surface area contributed by atoms with Gasteiger partial charge in [0.05, 0.1) is 4.92 Å². The van der Waals surface area contributed by atoms with Gasteiger partial charge in [-0.25, -0.2) is 4.98 Å². The number of nitrogens with zero attached hydrogens (tertiary/aromatic N) is 2. The first kappa shape index (κ1) is 12.0. The Kier molecular flexibility index (Phi) is 3.84. The summed E-state index contributed by atoms with van der Waals surface area (Å²) in [6.45, 7) is 3.63. The Labute approximate surface area is 94.0 Å². The highest BCUT2D eigenvalue weighted by molar-refractivity contribution is 5.56. The third kappa shape index (κ3) is 2.95. The molecule has 0 saturated carbocycles. The predicted octanol–water partition coefficient (Wildman–Crippen LogP) is 2.12. The van der Waals surface area contributed by atoms with Crippen molar-refractivity contribution in [3.8, 4) is 12.3 Å². The molecule has 1 heterocycles. The zero-order valence-electron chi connectivity index (χ0n) is 9.23. The van der Waals surface area contributed by atoms with Crippen LogP contribution in [0.1, 0.15) is 19.0 Å². The van der Waals surface area contributed by atoms with E-state index in [2.05, 4.69) is 16.2 Å². The maximum atomic E-state index is 10.8. The second-order valence-electron chi connectivity index (χ2n) is 3.53. The van der Waals surface area contributed by atoms with Gasteiger partial charge in [0.1, 0.15) is 0 Å². The number of terminal acetylenes is 1. The Bertz CT molecular complexity index is 437. The van der Waals surface area contributed by atoms with Gasteiger partial charge < -0.3 is 5.32 Å². The standard InChI is InChI=1S/C11H13N3O2/c1-4-5-8(2)12-11-10(14(15)16)7-6-9(3)13-11/h1,6-8H,5H2,2-3H3,(H,12,13). The molecule has 84 valence electrons. The smallest absolute Gasteiger partial charge is 0.311 e. The fourth-order valence-electron chi connectivity index (χ4n) is 1.26. The normalized spacial score (nSPS) is 11.6. The zero-order valence-corrected chi connectivity index (χ0v) is 9.23. The molecule has 0 aliphatic carbocycles. The van der Waals surface area contributed by atoms with Gasteiger partial charge >= 0.3 is 5.69 Å². The summed E-state index contributed by atoms with van der Waals surface area (Å²) in [5.74, 6) is 2.76. The Morgan fingerprint density at radius 2 is 2.38 bits per heavy atom. The first-order valence-corrected chi connectivity index (χ1v) is 4.86. The fourth-order valence-corrected chi connectivity index (χ4v) is 1.26. The van der Waals surface area contributed by atoms with Crippen LogP contribution in [0.15, 0.2) is 12.1 Å². The van der Waals surface area contributed by atoms with E-state index in [9.17, 15) is 10.1 Å². The van der Waals surface area contributed by atoms with Crippen LogP contribution in [0.3, 0.4) is 0 Å². The molecule has 0 radical (unpaired) electrons. The third-order valence-electron chi connectivity index (χ3n) is 2.02. The number of aromatic nitrogens is 1. The number of nitrogens with one attached hydrogen (secondary N) is 1. The van der Waals surface area contributed by atoms with Crippen molar-refractivity contribution in [3.63, 3.8) is 0 Å². The second kappa shape index (κ2) is 5.12. The number of anilines is 1. The summed E-state index contributed by atoms with van der Waals surface area (Å²) in [7, 11) is 0. The van der Waals surface area contributed by atoms with Crippen molar-refractivity contribution in [2.24, 2.45) is 0 Å². The van der Waals surface area contributed by atoms with Crippen molar-refractivity contribution < 1.29 is 4.92 Å². The van der Waals surface area contributed by atoms with Gasteiger partial charge in [-0.2, -0.15) is 0 Å². The topological polar surface area (TPSA) is 68.1 Å². The van der Waals surface area contributed by atoms with E-state index in [-0.39, 0.29) is 17.5 Å². The lowest BCUT2D eigenvalue weighted by Crippen LogP contribution is -2.16. The molecule has 1 aromatic heterocycles. The SMILES string of the molecule is C#CCC(C)Nc1nc(C)ccc1[N+](=O)[O-]. The molecule has 16 heavy (non-hydrogen) atoms. The minimum absolute atomic E-state index is 0.0329. The summed E-state index contributed by atoms with van der Waals surface area (Å²) in [6.07, 6.45) is 5.66. The molecule has 0 spiro atoms. The quantitative estimate of drug-likeness (QED) is 0.478. The molecule has 5 nitrogen and oxygen atoms in total. The molecular formula is C11H13N3O2. The summed E-state index contributed by atoms with van der Waals surface area (Å²) in [6, 6.07) is 3.00. The van der Waals surface area contributed by atoms with Crippen LogP contribution in [0.25, 0.3) is 0 Å². The maximum absolute atomic E-state index is 10.8. The van der Waals surface area contributed by atoms with Gasteiger partial charge in [0.15, 0.2) is 0 Å². The van der Waals surface area contributed by atoms with E-state index in [1.54, 1.807) is 13.0 Å². The van der Waals surface area contributed by atoms with E-state index in [0.717, 1.165) is 5.69 Å². The largest absolute Gasteiger partial charge is 0.361 e. The number of hydrogen-bond acceptors (Lipinski definition) is 4. The van der Waals surface area contributed by atoms with Gasteiger partial charge in [-0.05, 0) is 19.9 Å². The van der Waals surface area contributed by atoms with Crippen molar-refractivity contribution in [2.75, 3.05) is 5.32 Å². The van der Waals surface area contributed by atoms with Crippen molar-refractivity contribution in [1.29, 1.82) is 0 Å². The maximum Gasteiger partial charge on any atom is 0.311 e. The lowest BCUT2D eigenvalue weighted by molar-refractivity contribution is -0.384. The third-order valence-corrected chi connectivity index (χ3v) is 2.02. The number of rotatable bonds is 4. The number of hydrogen-bond donors (Lipinski definition) is 1. The van der Waals surface area contributed by atoms with Crippen molar-refractivity contribution >= 4 is 11.5 Å². The molecule has 1 atom stereocenters. The molecule has 1 unspecified atom stereocenters. The van der Waals surface area contributed by atoms with Crippen LogP contribution in [0.4, 0.5) is 11.5 Å². The van der Waals surface area contributed by atoms with Crippen LogP contribution in [-0.4, -0.2) is 15.9 Å². The summed E-state index contributed by atoms with van der Waals surface area (Å²) in [4.78, 5) is 14.4. The van der Waals surface area contributed by atoms with Crippen molar-refractivity contribution in [3.05, 3.63) is 27.9 Å². The Morgan fingerprint density at radius 1 is 1.69 bits per heavy atom. The molecule has 0 aliphatic heterocycles. The highest BCUT2D eigenvalue weighted by Gasteiger charge is 2.16. The molecule has 0 fully saturated rings. The molecule has 1 rings (SSSR count). The van der Waals surface area contributed by atoms with Gasteiger partial charge in [0, 0.05) is 24.2 Å². The Hall–Kier alpha value is -2.09.